The van der Waals surface area contributed by atoms with Gasteiger partial charge in [0.15, 0.2) is 0 Å². The summed E-state index contributed by atoms with van der Waals surface area (Å²) in [6.45, 7) is 9.71. The summed E-state index contributed by atoms with van der Waals surface area (Å²) in [5.41, 5.74) is 4.68. The first-order valence-corrected chi connectivity index (χ1v) is 10.7. The van der Waals surface area contributed by atoms with Crippen LogP contribution in [0.3, 0.4) is 0 Å². The van der Waals surface area contributed by atoms with Gasteiger partial charge in [0.1, 0.15) is 10.8 Å². The van der Waals surface area contributed by atoms with E-state index in [0.717, 1.165) is 35.8 Å². The van der Waals surface area contributed by atoms with Gasteiger partial charge in [-0.2, -0.15) is 5.10 Å². The highest BCUT2D eigenvalue weighted by Crippen LogP contribution is 2.41. The van der Waals surface area contributed by atoms with Gasteiger partial charge in [-0.05, 0) is 48.4 Å². The van der Waals surface area contributed by atoms with Crippen LogP contribution < -0.4 is 5.32 Å². The number of nitrogens with one attached hydrogen (secondary N) is 1. The van der Waals surface area contributed by atoms with E-state index in [4.69, 9.17) is 4.98 Å². The van der Waals surface area contributed by atoms with Gasteiger partial charge in [0.05, 0.1) is 17.6 Å². The lowest BCUT2D eigenvalue weighted by Crippen LogP contribution is -2.33. The molecular formula is C22H27FN4S. The summed E-state index contributed by atoms with van der Waals surface area (Å²) in [6.07, 6.45) is 3.97. The summed E-state index contributed by atoms with van der Waals surface area (Å²) in [7, 11) is 0. The molecule has 0 aliphatic heterocycles. The molecular weight excluding hydrogens is 371 g/mol. The maximum absolute atomic E-state index is 13.3. The minimum atomic E-state index is -0.228. The maximum Gasteiger partial charge on any atom is 0.123 e. The highest BCUT2D eigenvalue weighted by Gasteiger charge is 2.35. The van der Waals surface area contributed by atoms with Crippen molar-refractivity contribution >= 4 is 11.3 Å². The van der Waals surface area contributed by atoms with Gasteiger partial charge < -0.3 is 5.32 Å². The second kappa shape index (κ2) is 7.41. The summed E-state index contributed by atoms with van der Waals surface area (Å²) >= 11 is 1.72. The normalized spacial score (nSPS) is 18.4. The van der Waals surface area contributed by atoms with E-state index < -0.39 is 0 Å². The predicted molar refractivity (Wildman–Crippen MR) is 111 cm³/mol. The number of fused-ring (bicyclic) bond motifs is 1. The molecule has 1 atom stereocenters. The molecule has 1 N–H and O–H groups in total. The number of halogens is 1. The Morgan fingerprint density at radius 2 is 2.04 bits per heavy atom. The number of hydrogen-bond donors (Lipinski definition) is 1. The number of thiazole rings is 1. The van der Waals surface area contributed by atoms with Gasteiger partial charge in [-0.25, -0.2) is 14.1 Å². The Hall–Kier alpha value is -2.05. The number of rotatable bonds is 5. The molecule has 148 valence electrons. The number of hydrogen-bond acceptors (Lipinski definition) is 4. The van der Waals surface area contributed by atoms with E-state index in [0.29, 0.717) is 5.92 Å². The molecule has 0 spiro atoms. The van der Waals surface area contributed by atoms with E-state index >= 15 is 0 Å². The fraction of sp³-hybridized carbons (Fsp3) is 0.455. The van der Waals surface area contributed by atoms with Crippen LogP contribution in [-0.2, 0) is 13.0 Å². The molecule has 0 saturated heterocycles. The third kappa shape index (κ3) is 3.89. The zero-order valence-electron chi connectivity index (χ0n) is 16.9. The van der Waals surface area contributed by atoms with Crippen molar-refractivity contribution in [2.24, 2.45) is 5.41 Å². The first-order chi connectivity index (χ1) is 13.3. The monoisotopic (exact) mass is 398 g/mol. The standard InChI is InChI=1S/C22H27FN4S/c1-14(2)19-13-28-21(26-19)12-24-18-9-22(3,4)10-20-17(18)11-25-27(20)16-7-5-15(23)6-8-16/h5-8,11,13-14,18,24H,9-10,12H2,1-4H3/t18-/m1/s1. The van der Waals surface area contributed by atoms with Crippen LogP contribution >= 0.6 is 11.3 Å². The highest BCUT2D eigenvalue weighted by atomic mass is 32.1. The Bertz CT molecular complexity index is 955. The Balaban J connectivity index is 1.59. The molecule has 0 saturated carbocycles. The molecule has 0 amide bonds. The average Bonchev–Trinajstić information content (AvgIpc) is 3.27. The second-order valence-electron chi connectivity index (χ2n) is 8.73. The Kier molecular flexibility index (Phi) is 5.10. The van der Waals surface area contributed by atoms with Gasteiger partial charge in [0.25, 0.3) is 0 Å². The van der Waals surface area contributed by atoms with Gasteiger partial charge in [0, 0.05) is 29.2 Å². The van der Waals surface area contributed by atoms with E-state index in [1.807, 2.05) is 10.9 Å². The van der Waals surface area contributed by atoms with Crippen molar-refractivity contribution in [3.8, 4) is 5.69 Å². The van der Waals surface area contributed by atoms with Crippen LogP contribution in [0, 0.1) is 11.2 Å². The topological polar surface area (TPSA) is 42.7 Å². The predicted octanol–water partition coefficient (Wildman–Crippen LogP) is 5.39. The SMILES string of the molecule is CC(C)c1csc(CN[C@@H]2CC(C)(C)Cc3c2cnn3-c2ccc(F)cc2)n1. The van der Waals surface area contributed by atoms with Crippen LogP contribution in [0.4, 0.5) is 4.39 Å². The molecule has 4 rings (SSSR count). The lowest BCUT2D eigenvalue weighted by molar-refractivity contribution is 0.252. The molecule has 6 heteroatoms. The van der Waals surface area contributed by atoms with Gasteiger partial charge in [-0.1, -0.05) is 27.7 Å². The molecule has 3 aromatic rings. The van der Waals surface area contributed by atoms with Crippen molar-refractivity contribution < 1.29 is 4.39 Å². The van der Waals surface area contributed by atoms with Crippen molar-refractivity contribution in [3.05, 3.63) is 63.6 Å². The van der Waals surface area contributed by atoms with Crippen molar-refractivity contribution in [2.45, 2.75) is 59.0 Å². The van der Waals surface area contributed by atoms with E-state index in [-0.39, 0.29) is 17.3 Å². The summed E-state index contributed by atoms with van der Waals surface area (Å²) in [5.74, 6) is 0.230. The van der Waals surface area contributed by atoms with Crippen molar-refractivity contribution in [1.29, 1.82) is 0 Å². The molecule has 0 fully saturated rings. The van der Waals surface area contributed by atoms with Gasteiger partial charge in [0.2, 0.25) is 0 Å². The fourth-order valence-corrected chi connectivity index (χ4v) is 4.82. The minimum Gasteiger partial charge on any atom is -0.303 e. The third-order valence-corrected chi connectivity index (χ3v) is 6.28. The Morgan fingerprint density at radius 3 is 2.71 bits per heavy atom. The van der Waals surface area contributed by atoms with Crippen LogP contribution in [0.1, 0.15) is 68.0 Å². The van der Waals surface area contributed by atoms with Crippen LogP contribution in [-0.4, -0.2) is 14.8 Å². The van der Waals surface area contributed by atoms with Gasteiger partial charge >= 0.3 is 0 Å². The zero-order valence-corrected chi connectivity index (χ0v) is 17.7. The summed E-state index contributed by atoms with van der Waals surface area (Å²) in [4.78, 5) is 4.75. The molecule has 28 heavy (non-hydrogen) atoms. The summed E-state index contributed by atoms with van der Waals surface area (Å²) in [6, 6.07) is 6.79. The van der Waals surface area contributed by atoms with Crippen LogP contribution in [0.5, 0.6) is 0 Å². The number of aromatic nitrogens is 3. The largest absolute Gasteiger partial charge is 0.303 e. The third-order valence-electron chi connectivity index (χ3n) is 5.41. The Labute approximate surface area is 169 Å². The summed E-state index contributed by atoms with van der Waals surface area (Å²) < 4.78 is 15.3. The molecule has 0 radical (unpaired) electrons. The highest BCUT2D eigenvalue weighted by molar-refractivity contribution is 7.09. The van der Waals surface area contributed by atoms with Crippen LogP contribution in [0.2, 0.25) is 0 Å². The van der Waals surface area contributed by atoms with E-state index in [1.165, 1.54) is 23.4 Å². The lowest BCUT2D eigenvalue weighted by atomic mass is 9.74. The molecule has 0 bridgehead atoms. The summed E-state index contributed by atoms with van der Waals surface area (Å²) in [5, 5.41) is 11.6. The number of benzene rings is 1. The first kappa shape index (κ1) is 19.3. The minimum absolute atomic E-state index is 0.161. The van der Waals surface area contributed by atoms with Gasteiger partial charge in [-0.15, -0.1) is 11.3 Å². The molecule has 1 aliphatic rings. The van der Waals surface area contributed by atoms with E-state index in [1.54, 1.807) is 23.5 Å². The zero-order chi connectivity index (χ0) is 19.9. The maximum atomic E-state index is 13.3. The fourth-order valence-electron chi connectivity index (χ4n) is 3.91. The van der Waals surface area contributed by atoms with Crippen molar-refractivity contribution in [2.75, 3.05) is 0 Å². The molecule has 2 aromatic heterocycles. The van der Waals surface area contributed by atoms with Crippen molar-refractivity contribution in [3.63, 3.8) is 0 Å². The van der Waals surface area contributed by atoms with Crippen LogP contribution in [0.15, 0.2) is 35.8 Å². The first-order valence-electron chi connectivity index (χ1n) is 9.83. The molecule has 1 aliphatic carbocycles. The molecule has 1 aromatic carbocycles. The second-order valence-corrected chi connectivity index (χ2v) is 9.68. The quantitative estimate of drug-likeness (QED) is 0.626. The van der Waals surface area contributed by atoms with Crippen molar-refractivity contribution in [1.82, 2.24) is 20.1 Å². The Morgan fingerprint density at radius 1 is 1.29 bits per heavy atom. The smallest absolute Gasteiger partial charge is 0.123 e. The van der Waals surface area contributed by atoms with Gasteiger partial charge in [-0.3, -0.25) is 0 Å². The number of nitrogens with zero attached hydrogens (tertiary/aromatic N) is 3. The lowest BCUT2D eigenvalue weighted by Gasteiger charge is -2.36. The molecule has 0 unspecified atom stereocenters. The molecule has 4 nitrogen and oxygen atoms in total. The molecule has 2 heterocycles. The van der Waals surface area contributed by atoms with E-state index in [2.05, 4.69) is 43.5 Å². The van der Waals surface area contributed by atoms with Crippen LogP contribution in [0.25, 0.3) is 5.69 Å². The van der Waals surface area contributed by atoms with E-state index in [9.17, 15) is 4.39 Å². The average molecular weight is 399 g/mol.